The number of halogens is 1. The molecule has 3 heterocycles. The summed E-state index contributed by atoms with van der Waals surface area (Å²) in [5.41, 5.74) is 5.70. The zero-order chi connectivity index (χ0) is 10.1. The molecule has 3 saturated heterocycles. The van der Waals surface area contributed by atoms with Gasteiger partial charge in [-0.3, -0.25) is 3.11 Å². The average Bonchev–Trinajstić information content (AvgIpc) is 2.28. The van der Waals surface area contributed by atoms with Crippen molar-refractivity contribution in [1.82, 2.24) is 8.01 Å². The van der Waals surface area contributed by atoms with Gasteiger partial charge in [0.15, 0.2) is 0 Å². The first kappa shape index (κ1) is 10.3. The van der Waals surface area contributed by atoms with Crippen LogP contribution in [0.15, 0.2) is 5.10 Å². The van der Waals surface area contributed by atoms with E-state index < -0.39 is 0 Å². The molecule has 0 saturated carbocycles. The van der Waals surface area contributed by atoms with Crippen LogP contribution in [0.1, 0.15) is 12.8 Å². The highest BCUT2D eigenvalue weighted by molar-refractivity contribution is 14.1. The number of fused-ring (bicyclic) bond motifs is 3. The van der Waals surface area contributed by atoms with Gasteiger partial charge in [-0.1, -0.05) is 0 Å². The van der Waals surface area contributed by atoms with Gasteiger partial charge < -0.3 is 16.5 Å². The van der Waals surface area contributed by atoms with Crippen molar-refractivity contribution < 1.29 is 0 Å². The summed E-state index contributed by atoms with van der Waals surface area (Å²) in [6, 6.07) is 0.491. The summed E-state index contributed by atoms with van der Waals surface area (Å²) in [7, 11) is 0. The van der Waals surface area contributed by atoms with Crippen molar-refractivity contribution >= 4 is 28.8 Å². The Morgan fingerprint density at radius 2 is 2.07 bits per heavy atom. The maximum absolute atomic E-state index is 5.70. The van der Waals surface area contributed by atoms with Crippen LogP contribution in [0.5, 0.6) is 0 Å². The Labute approximate surface area is 98.0 Å². The predicted octanol–water partition coefficient (Wildman–Crippen LogP) is -0.0790. The molecular weight excluding hydrogens is 293 g/mol. The van der Waals surface area contributed by atoms with Crippen LogP contribution in [0.2, 0.25) is 0 Å². The van der Waals surface area contributed by atoms with Gasteiger partial charge in [0.25, 0.3) is 0 Å². The Balaban J connectivity index is 2.04. The third-order valence-corrected chi connectivity index (χ3v) is 4.47. The number of guanidine groups is 1. The number of hydrazone groups is 1. The number of rotatable bonds is 1. The fourth-order valence-corrected chi connectivity index (χ4v) is 3.17. The topological polar surface area (TPSA) is 70.9 Å². The molecule has 3 fully saturated rings. The Bertz CT molecular complexity index is 236. The van der Waals surface area contributed by atoms with E-state index >= 15 is 0 Å². The average molecular weight is 309 g/mol. The second kappa shape index (κ2) is 4.09. The molecule has 0 aromatic rings. The van der Waals surface area contributed by atoms with Gasteiger partial charge in [-0.15, -0.1) is 5.10 Å². The first-order valence-electron chi connectivity index (χ1n) is 4.93. The molecule has 3 aliphatic heterocycles. The molecule has 5 nitrogen and oxygen atoms in total. The van der Waals surface area contributed by atoms with Crippen molar-refractivity contribution in [3.05, 3.63) is 0 Å². The standard InChI is InChI=1S/C8H16IN5/c9-14(8(10)12-11)7-5-13-3-1-6(7)2-4-13/h6-7H,1-5,11H2,(H2,10,12)/t7-/m1/s1. The van der Waals surface area contributed by atoms with Gasteiger partial charge in [0.05, 0.1) is 28.9 Å². The van der Waals surface area contributed by atoms with Crippen molar-refractivity contribution in [2.45, 2.75) is 18.9 Å². The van der Waals surface area contributed by atoms with E-state index in [0.717, 1.165) is 12.5 Å². The van der Waals surface area contributed by atoms with Crippen LogP contribution in [-0.2, 0) is 0 Å². The van der Waals surface area contributed by atoms with Gasteiger partial charge in [0.1, 0.15) is 0 Å². The number of hydrogen-bond donors (Lipinski definition) is 2. The monoisotopic (exact) mass is 309 g/mol. The number of hydrogen-bond acceptors (Lipinski definition) is 3. The summed E-state index contributed by atoms with van der Waals surface area (Å²) < 4.78 is 1.99. The minimum Gasteiger partial charge on any atom is -0.368 e. The molecule has 0 spiro atoms. The highest BCUT2D eigenvalue weighted by Crippen LogP contribution is 2.32. The summed E-state index contributed by atoms with van der Waals surface area (Å²) in [4.78, 5) is 2.49. The van der Waals surface area contributed by atoms with E-state index in [4.69, 9.17) is 11.6 Å². The third-order valence-electron chi connectivity index (χ3n) is 3.26. The molecular formula is C8H16IN5. The number of nitrogens with zero attached hydrogens (tertiary/aromatic N) is 3. The van der Waals surface area contributed by atoms with Crippen LogP contribution < -0.4 is 11.6 Å². The van der Waals surface area contributed by atoms with Crippen LogP contribution in [-0.4, -0.2) is 39.6 Å². The fraction of sp³-hybridized carbons (Fsp3) is 0.875. The van der Waals surface area contributed by atoms with E-state index in [9.17, 15) is 0 Å². The first-order valence-corrected chi connectivity index (χ1v) is 5.89. The van der Waals surface area contributed by atoms with Gasteiger partial charge in [-0.25, -0.2) is 0 Å². The summed E-state index contributed by atoms with van der Waals surface area (Å²) in [6.45, 7) is 3.58. The van der Waals surface area contributed by atoms with Gasteiger partial charge in [0.2, 0.25) is 5.96 Å². The van der Waals surface area contributed by atoms with E-state index in [0.29, 0.717) is 12.0 Å². The summed E-state index contributed by atoms with van der Waals surface area (Å²) in [6.07, 6.45) is 2.56. The smallest absolute Gasteiger partial charge is 0.222 e. The molecule has 80 valence electrons. The van der Waals surface area contributed by atoms with Crippen LogP contribution in [0.25, 0.3) is 0 Å². The fourth-order valence-electron chi connectivity index (χ4n) is 2.42. The molecule has 1 atom stereocenters. The van der Waals surface area contributed by atoms with Crippen molar-refractivity contribution in [2.75, 3.05) is 19.6 Å². The van der Waals surface area contributed by atoms with Crippen molar-refractivity contribution in [3.63, 3.8) is 0 Å². The van der Waals surface area contributed by atoms with Crippen molar-refractivity contribution in [1.29, 1.82) is 0 Å². The largest absolute Gasteiger partial charge is 0.368 e. The number of piperidine rings is 3. The molecule has 0 radical (unpaired) electrons. The minimum absolute atomic E-state index is 0.435. The molecule has 3 rings (SSSR count). The van der Waals surface area contributed by atoms with Crippen molar-refractivity contribution in [3.8, 4) is 0 Å². The Kier molecular flexibility index (Phi) is 3.01. The number of nitrogens with two attached hydrogens (primary N) is 2. The second-order valence-electron chi connectivity index (χ2n) is 4.00. The van der Waals surface area contributed by atoms with E-state index in [1.165, 1.54) is 25.9 Å². The lowest BCUT2D eigenvalue weighted by molar-refractivity contribution is 0.0638. The Morgan fingerprint density at radius 3 is 2.50 bits per heavy atom. The molecule has 6 heteroatoms. The zero-order valence-corrected chi connectivity index (χ0v) is 10.2. The molecule has 14 heavy (non-hydrogen) atoms. The van der Waals surface area contributed by atoms with Gasteiger partial charge in [-0.05, 0) is 31.8 Å². The zero-order valence-electron chi connectivity index (χ0n) is 8.06. The third kappa shape index (κ3) is 1.77. The molecule has 2 bridgehead atoms. The lowest BCUT2D eigenvalue weighted by atomic mass is 9.84. The summed E-state index contributed by atoms with van der Waals surface area (Å²) >= 11 is 2.22. The van der Waals surface area contributed by atoms with E-state index in [1.54, 1.807) is 0 Å². The molecule has 0 aromatic carbocycles. The Hall–Kier alpha value is -0.240. The quantitative estimate of drug-likeness (QED) is 0.177. The second-order valence-corrected chi connectivity index (χ2v) is 5.04. The van der Waals surface area contributed by atoms with Gasteiger partial charge in [-0.2, -0.15) is 0 Å². The lowest BCUT2D eigenvalue weighted by Crippen LogP contribution is -2.57. The van der Waals surface area contributed by atoms with E-state index in [2.05, 4.69) is 32.9 Å². The van der Waals surface area contributed by atoms with E-state index in [1.807, 2.05) is 3.11 Å². The lowest BCUT2D eigenvalue weighted by Gasteiger charge is -2.47. The van der Waals surface area contributed by atoms with Crippen LogP contribution in [0.4, 0.5) is 0 Å². The highest BCUT2D eigenvalue weighted by Gasteiger charge is 2.37. The maximum atomic E-state index is 5.70. The van der Waals surface area contributed by atoms with Crippen LogP contribution in [0.3, 0.4) is 0 Å². The normalized spacial score (nSPS) is 37.2. The maximum Gasteiger partial charge on any atom is 0.222 e. The molecule has 3 aliphatic rings. The molecule has 0 unspecified atom stereocenters. The first-order chi connectivity index (χ1) is 6.72. The summed E-state index contributed by atoms with van der Waals surface area (Å²) in [5.74, 6) is 6.38. The molecule has 0 aliphatic carbocycles. The van der Waals surface area contributed by atoms with E-state index in [-0.39, 0.29) is 0 Å². The molecule has 0 amide bonds. The summed E-state index contributed by atoms with van der Waals surface area (Å²) in [5, 5.41) is 3.54. The molecule has 4 N–H and O–H groups in total. The Morgan fingerprint density at radius 1 is 1.43 bits per heavy atom. The highest BCUT2D eigenvalue weighted by atomic mass is 127. The predicted molar refractivity (Wildman–Crippen MR) is 64.6 cm³/mol. The van der Waals surface area contributed by atoms with Crippen LogP contribution in [0, 0.1) is 5.92 Å². The van der Waals surface area contributed by atoms with Gasteiger partial charge >= 0.3 is 0 Å². The van der Waals surface area contributed by atoms with Gasteiger partial charge in [0, 0.05) is 6.54 Å². The SMILES string of the molecule is N/N=C(\N)N(I)[C@@H]1CN2CCC1CC2. The minimum atomic E-state index is 0.435. The van der Waals surface area contributed by atoms with Crippen LogP contribution >= 0.6 is 22.9 Å². The van der Waals surface area contributed by atoms with Crippen molar-refractivity contribution in [2.24, 2.45) is 22.6 Å². The molecule has 0 aromatic heterocycles.